The Bertz CT molecular complexity index is 1310. The van der Waals surface area contributed by atoms with Crippen LogP contribution < -0.4 is 20.3 Å². The predicted octanol–water partition coefficient (Wildman–Crippen LogP) is 4.81. The van der Waals surface area contributed by atoms with Crippen molar-refractivity contribution in [1.29, 1.82) is 0 Å². The highest BCUT2D eigenvalue weighted by molar-refractivity contribution is 6.23. The fourth-order valence-electron chi connectivity index (χ4n) is 4.82. The SMILES string of the molecule is CC1(C)OCc2cc([C@H](O)CNCCCCCCOCCC#Cc3cccc(N4C(=O)NC(C)(C)C4=O)c3)ccc2O1. The highest BCUT2D eigenvalue weighted by Gasteiger charge is 2.45. The number of anilines is 1. The lowest BCUT2D eigenvalue weighted by atomic mass is 10.0. The zero-order valence-corrected chi connectivity index (χ0v) is 25.1. The molecule has 9 nitrogen and oxygen atoms in total. The standard InChI is InChI=1S/C33H43N3O6/c1-32(2)30(38)36(31(39)35-32)27-14-11-13-24(20-27)12-7-10-19-40-18-9-6-5-8-17-34-22-28(37)25-15-16-29-26(21-25)23-41-33(3,4)42-29/h11,13-16,20-21,28,34,37H,5-6,8-10,17-19,22-23H2,1-4H3,(H,35,39)/t28-/m1/s1. The number of unbranched alkanes of at least 4 members (excludes halogenated alkanes) is 3. The van der Waals surface area contributed by atoms with Crippen molar-refractivity contribution in [3.05, 3.63) is 59.2 Å². The molecule has 0 aliphatic carbocycles. The minimum Gasteiger partial charge on any atom is -0.463 e. The summed E-state index contributed by atoms with van der Waals surface area (Å²) in [6.07, 6.45) is 4.25. The Morgan fingerprint density at radius 3 is 2.67 bits per heavy atom. The number of hydrogen-bond acceptors (Lipinski definition) is 7. The van der Waals surface area contributed by atoms with E-state index in [9.17, 15) is 14.7 Å². The number of nitrogens with one attached hydrogen (secondary N) is 2. The van der Waals surface area contributed by atoms with Gasteiger partial charge in [-0.25, -0.2) is 9.69 Å². The van der Waals surface area contributed by atoms with E-state index in [0.717, 1.165) is 59.6 Å². The van der Waals surface area contributed by atoms with E-state index >= 15 is 0 Å². The van der Waals surface area contributed by atoms with Gasteiger partial charge >= 0.3 is 6.03 Å². The van der Waals surface area contributed by atoms with E-state index in [1.54, 1.807) is 32.0 Å². The summed E-state index contributed by atoms with van der Waals surface area (Å²) >= 11 is 0. The second kappa shape index (κ2) is 14.2. The van der Waals surface area contributed by atoms with Crippen LogP contribution in [-0.2, 0) is 20.9 Å². The molecule has 0 spiro atoms. The molecule has 0 bridgehead atoms. The van der Waals surface area contributed by atoms with Gasteiger partial charge in [-0.3, -0.25) is 4.79 Å². The summed E-state index contributed by atoms with van der Waals surface area (Å²) in [6, 6.07) is 12.5. The number of aliphatic hydroxyl groups excluding tert-OH is 1. The first-order chi connectivity index (χ1) is 20.1. The van der Waals surface area contributed by atoms with Gasteiger partial charge in [0.25, 0.3) is 5.91 Å². The van der Waals surface area contributed by atoms with Gasteiger partial charge in [0.05, 0.1) is 25.0 Å². The molecule has 2 aromatic carbocycles. The van der Waals surface area contributed by atoms with E-state index in [-0.39, 0.29) is 5.91 Å². The Hall–Kier alpha value is -3.42. The number of aliphatic hydroxyl groups is 1. The third-order valence-electron chi connectivity index (χ3n) is 7.20. The summed E-state index contributed by atoms with van der Waals surface area (Å²) in [6.45, 7) is 10.3. The van der Waals surface area contributed by atoms with Crippen molar-refractivity contribution in [2.45, 2.75) is 83.8 Å². The van der Waals surface area contributed by atoms with Gasteiger partial charge in [-0.15, -0.1) is 0 Å². The number of ether oxygens (including phenoxy) is 3. The van der Waals surface area contributed by atoms with Gasteiger partial charge in [-0.1, -0.05) is 36.8 Å². The minimum absolute atomic E-state index is 0.279. The van der Waals surface area contributed by atoms with Crippen LogP contribution in [0.5, 0.6) is 5.75 Å². The molecule has 4 rings (SSSR count). The van der Waals surface area contributed by atoms with Crippen LogP contribution in [0, 0.1) is 11.8 Å². The van der Waals surface area contributed by atoms with E-state index in [1.807, 2.05) is 38.1 Å². The van der Waals surface area contributed by atoms with Gasteiger partial charge in [0.2, 0.25) is 5.79 Å². The van der Waals surface area contributed by atoms with Gasteiger partial charge in [-0.05, 0) is 69.1 Å². The number of urea groups is 1. The summed E-state index contributed by atoms with van der Waals surface area (Å²) in [5.41, 5.74) is 2.17. The van der Waals surface area contributed by atoms with Gasteiger partial charge in [0.1, 0.15) is 11.3 Å². The average Bonchev–Trinajstić information content (AvgIpc) is 3.15. The van der Waals surface area contributed by atoms with Gasteiger partial charge < -0.3 is 30.0 Å². The Balaban J connectivity index is 1.03. The van der Waals surface area contributed by atoms with Crippen molar-refractivity contribution in [3.63, 3.8) is 0 Å². The van der Waals surface area contributed by atoms with E-state index in [2.05, 4.69) is 22.5 Å². The first kappa shape index (κ1) is 31.5. The Kier molecular flexibility index (Phi) is 10.6. The smallest absolute Gasteiger partial charge is 0.329 e. The van der Waals surface area contributed by atoms with Crippen molar-refractivity contribution in [3.8, 4) is 17.6 Å². The third-order valence-corrected chi connectivity index (χ3v) is 7.20. The van der Waals surface area contributed by atoms with Gasteiger partial charge in [-0.2, -0.15) is 0 Å². The van der Waals surface area contributed by atoms with Crippen LogP contribution in [0.25, 0.3) is 0 Å². The maximum atomic E-state index is 12.5. The number of carbonyl (C=O) groups excluding carboxylic acids is 2. The second-order valence-electron chi connectivity index (χ2n) is 11.7. The largest absolute Gasteiger partial charge is 0.463 e. The predicted molar refractivity (Wildman–Crippen MR) is 161 cm³/mol. The summed E-state index contributed by atoms with van der Waals surface area (Å²) in [5.74, 6) is 6.10. The summed E-state index contributed by atoms with van der Waals surface area (Å²) in [4.78, 5) is 25.9. The molecule has 9 heteroatoms. The van der Waals surface area contributed by atoms with Crippen LogP contribution in [0.3, 0.4) is 0 Å². The Labute approximate surface area is 248 Å². The molecule has 3 N–H and O–H groups in total. The number of imide groups is 1. The lowest BCUT2D eigenvalue weighted by Gasteiger charge is -2.33. The number of hydrogen-bond donors (Lipinski definition) is 3. The molecule has 226 valence electrons. The summed E-state index contributed by atoms with van der Waals surface area (Å²) < 4.78 is 17.2. The summed E-state index contributed by atoms with van der Waals surface area (Å²) in [7, 11) is 0. The molecule has 1 saturated heterocycles. The zero-order chi connectivity index (χ0) is 30.2. The average molecular weight is 578 g/mol. The number of fused-ring (bicyclic) bond motifs is 1. The maximum Gasteiger partial charge on any atom is 0.329 e. The number of carbonyl (C=O) groups is 2. The quantitative estimate of drug-likeness (QED) is 0.178. The Morgan fingerprint density at radius 2 is 1.88 bits per heavy atom. The molecule has 0 aromatic heterocycles. The second-order valence-corrected chi connectivity index (χ2v) is 11.7. The molecule has 1 atom stereocenters. The van der Waals surface area contributed by atoms with E-state index in [1.165, 1.54) is 0 Å². The normalized spacial score (nSPS) is 17.6. The van der Waals surface area contributed by atoms with Crippen LogP contribution in [0.1, 0.15) is 82.6 Å². The fourth-order valence-corrected chi connectivity index (χ4v) is 4.82. The lowest BCUT2D eigenvalue weighted by Crippen LogP contribution is -2.40. The molecular formula is C33H43N3O6. The molecule has 0 radical (unpaired) electrons. The van der Waals surface area contributed by atoms with Crippen molar-refractivity contribution < 1.29 is 28.9 Å². The third kappa shape index (κ3) is 8.55. The Morgan fingerprint density at radius 1 is 1.07 bits per heavy atom. The van der Waals surface area contributed by atoms with Crippen molar-refractivity contribution in [2.24, 2.45) is 0 Å². The number of nitrogens with zero attached hydrogens (tertiary/aromatic N) is 1. The first-order valence-corrected chi connectivity index (χ1v) is 14.7. The van der Waals surface area contributed by atoms with Gasteiger partial charge in [0, 0.05) is 44.5 Å². The zero-order valence-electron chi connectivity index (χ0n) is 25.1. The van der Waals surface area contributed by atoms with Gasteiger partial charge in [0.15, 0.2) is 0 Å². The number of rotatable bonds is 13. The molecule has 0 unspecified atom stereocenters. The monoisotopic (exact) mass is 577 g/mol. The molecule has 3 amide bonds. The van der Waals surface area contributed by atoms with Crippen molar-refractivity contribution >= 4 is 17.6 Å². The molecule has 1 fully saturated rings. The topological polar surface area (TPSA) is 109 Å². The molecular weight excluding hydrogens is 534 g/mol. The van der Waals surface area contributed by atoms with Crippen LogP contribution in [0.15, 0.2) is 42.5 Å². The molecule has 0 saturated carbocycles. The molecule has 2 aliphatic rings. The van der Waals surface area contributed by atoms with Crippen molar-refractivity contribution in [2.75, 3.05) is 31.2 Å². The number of amides is 3. The van der Waals surface area contributed by atoms with Crippen LogP contribution in [0.4, 0.5) is 10.5 Å². The lowest BCUT2D eigenvalue weighted by molar-refractivity contribution is -0.180. The minimum atomic E-state index is -0.912. The van der Waals surface area contributed by atoms with Crippen molar-refractivity contribution in [1.82, 2.24) is 10.6 Å². The molecule has 42 heavy (non-hydrogen) atoms. The van der Waals surface area contributed by atoms with Crippen LogP contribution >= 0.6 is 0 Å². The van der Waals surface area contributed by atoms with Crippen LogP contribution in [-0.4, -0.2) is 54.7 Å². The molecule has 2 aliphatic heterocycles. The maximum absolute atomic E-state index is 12.5. The number of benzene rings is 2. The highest BCUT2D eigenvalue weighted by atomic mass is 16.7. The van der Waals surface area contributed by atoms with Crippen LogP contribution in [0.2, 0.25) is 0 Å². The van der Waals surface area contributed by atoms with E-state index < -0.39 is 23.5 Å². The van der Waals surface area contributed by atoms with E-state index in [0.29, 0.717) is 38.5 Å². The first-order valence-electron chi connectivity index (χ1n) is 14.7. The molecule has 2 aromatic rings. The highest BCUT2D eigenvalue weighted by Crippen LogP contribution is 2.33. The molecule has 2 heterocycles. The fraction of sp³-hybridized carbons (Fsp3) is 0.515. The van der Waals surface area contributed by atoms with E-state index in [4.69, 9.17) is 14.2 Å². The summed E-state index contributed by atoms with van der Waals surface area (Å²) in [5, 5.41) is 16.6.